The van der Waals surface area contributed by atoms with E-state index in [0.29, 0.717) is 4.88 Å². The van der Waals surface area contributed by atoms with E-state index in [-0.39, 0.29) is 11.4 Å². The Morgan fingerprint density at radius 1 is 1.50 bits per heavy atom. The number of nitrogens with zero attached hydrogens (tertiary/aromatic N) is 1. The van der Waals surface area contributed by atoms with E-state index >= 15 is 0 Å². The summed E-state index contributed by atoms with van der Waals surface area (Å²) in [5, 5.41) is 23.6. The van der Waals surface area contributed by atoms with Crippen LogP contribution in [0.5, 0.6) is 0 Å². The average molecular weight is 295 g/mol. The van der Waals surface area contributed by atoms with E-state index in [2.05, 4.69) is 10.3 Å². The minimum absolute atomic E-state index is 0.0699. The lowest BCUT2D eigenvalue weighted by molar-refractivity contribution is -0.384. The highest BCUT2D eigenvalue weighted by Crippen LogP contribution is 2.20. The van der Waals surface area contributed by atoms with Crippen molar-refractivity contribution in [1.29, 1.82) is 0 Å². The number of aliphatic carboxylic acids is 1. The molecule has 2 aromatic rings. The molecule has 0 fully saturated rings. The number of thiophene rings is 1. The summed E-state index contributed by atoms with van der Waals surface area (Å²) < 4.78 is 0. The molecule has 0 bridgehead atoms. The highest BCUT2D eigenvalue weighted by Gasteiger charge is 2.25. The maximum atomic E-state index is 11.9. The van der Waals surface area contributed by atoms with E-state index in [1.54, 1.807) is 17.5 Å². The SMILES string of the molecule is O=C(NC(C(=O)O)c1cccs1)c1cc([N+](=O)[O-])c[nH]1. The van der Waals surface area contributed by atoms with Gasteiger partial charge in [-0.15, -0.1) is 11.3 Å². The van der Waals surface area contributed by atoms with E-state index in [1.165, 1.54) is 11.3 Å². The number of amides is 1. The Kier molecular flexibility index (Phi) is 3.80. The Labute approximate surface area is 116 Å². The molecule has 104 valence electrons. The number of hydrogen-bond donors (Lipinski definition) is 3. The topological polar surface area (TPSA) is 125 Å². The van der Waals surface area contributed by atoms with Crippen molar-refractivity contribution < 1.29 is 19.6 Å². The summed E-state index contributed by atoms with van der Waals surface area (Å²) in [6.45, 7) is 0. The summed E-state index contributed by atoms with van der Waals surface area (Å²) in [4.78, 5) is 35.8. The zero-order valence-electron chi connectivity index (χ0n) is 9.90. The highest BCUT2D eigenvalue weighted by atomic mass is 32.1. The molecule has 0 aliphatic carbocycles. The Morgan fingerprint density at radius 2 is 2.25 bits per heavy atom. The molecule has 0 aromatic carbocycles. The second-order valence-corrected chi connectivity index (χ2v) is 4.77. The van der Waals surface area contributed by atoms with Gasteiger partial charge in [0.05, 0.1) is 11.1 Å². The van der Waals surface area contributed by atoms with Crippen molar-refractivity contribution in [2.45, 2.75) is 6.04 Å². The van der Waals surface area contributed by atoms with Crippen molar-refractivity contribution in [3.63, 3.8) is 0 Å². The van der Waals surface area contributed by atoms with Crippen LogP contribution in [-0.4, -0.2) is 26.9 Å². The Hall–Kier alpha value is -2.68. The van der Waals surface area contributed by atoms with Crippen LogP contribution in [0.15, 0.2) is 29.8 Å². The Balaban J connectivity index is 2.16. The summed E-state index contributed by atoms with van der Waals surface area (Å²) in [7, 11) is 0. The average Bonchev–Trinajstić information content (AvgIpc) is 3.05. The largest absolute Gasteiger partial charge is 0.479 e. The van der Waals surface area contributed by atoms with Crippen molar-refractivity contribution in [1.82, 2.24) is 10.3 Å². The predicted molar refractivity (Wildman–Crippen MR) is 69.6 cm³/mol. The first-order valence-corrected chi connectivity index (χ1v) is 6.27. The fourth-order valence-corrected chi connectivity index (χ4v) is 2.31. The number of carbonyl (C=O) groups excluding carboxylic acids is 1. The van der Waals surface area contributed by atoms with E-state index in [4.69, 9.17) is 5.11 Å². The summed E-state index contributed by atoms with van der Waals surface area (Å²) in [5.74, 6) is -1.93. The molecule has 0 saturated carbocycles. The lowest BCUT2D eigenvalue weighted by Gasteiger charge is -2.11. The summed E-state index contributed by atoms with van der Waals surface area (Å²) in [6, 6.07) is 3.11. The van der Waals surface area contributed by atoms with Gasteiger partial charge in [-0.2, -0.15) is 0 Å². The third kappa shape index (κ3) is 2.83. The van der Waals surface area contributed by atoms with Gasteiger partial charge in [-0.05, 0) is 11.4 Å². The summed E-state index contributed by atoms with van der Waals surface area (Å²) in [6.07, 6.45) is 1.07. The van der Waals surface area contributed by atoms with Gasteiger partial charge in [0.25, 0.3) is 11.6 Å². The molecule has 0 saturated heterocycles. The van der Waals surface area contributed by atoms with Gasteiger partial charge in [-0.3, -0.25) is 14.9 Å². The van der Waals surface area contributed by atoms with Crippen molar-refractivity contribution >= 4 is 28.9 Å². The molecule has 0 aliphatic heterocycles. The lowest BCUT2D eigenvalue weighted by atomic mass is 10.2. The zero-order chi connectivity index (χ0) is 14.7. The van der Waals surface area contributed by atoms with Crippen LogP contribution in [0.3, 0.4) is 0 Å². The van der Waals surface area contributed by atoms with Gasteiger partial charge in [-0.1, -0.05) is 6.07 Å². The Bertz CT molecular complexity index is 649. The first-order valence-electron chi connectivity index (χ1n) is 5.39. The van der Waals surface area contributed by atoms with Crippen molar-refractivity contribution in [2.24, 2.45) is 0 Å². The fraction of sp³-hybridized carbons (Fsp3) is 0.0909. The third-order valence-electron chi connectivity index (χ3n) is 2.47. The van der Waals surface area contributed by atoms with E-state index in [1.807, 2.05) is 0 Å². The molecule has 2 heterocycles. The smallest absolute Gasteiger partial charge is 0.331 e. The van der Waals surface area contributed by atoms with Crippen LogP contribution in [0.4, 0.5) is 5.69 Å². The number of rotatable bonds is 5. The number of carboxylic acids is 1. The first-order chi connectivity index (χ1) is 9.49. The first kappa shape index (κ1) is 13.7. The van der Waals surface area contributed by atoms with E-state index in [9.17, 15) is 19.7 Å². The Morgan fingerprint density at radius 3 is 2.75 bits per heavy atom. The summed E-state index contributed by atoms with van der Waals surface area (Å²) in [5.41, 5.74) is -0.336. The molecule has 1 amide bonds. The minimum Gasteiger partial charge on any atom is -0.479 e. The van der Waals surface area contributed by atoms with Crippen LogP contribution < -0.4 is 5.32 Å². The molecule has 8 nitrogen and oxygen atoms in total. The molecule has 0 aliphatic rings. The lowest BCUT2D eigenvalue weighted by Crippen LogP contribution is -2.33. The molecule has 2 aromatic heterocycles. The quantitative estimate of drug-likeness (QED) is 0.570. The van der Waals surface area contributed by atoms with Gasteiger partial charge in [-0.25, -0.2) is 4.79 Å². The van der Waals surface area contributed by atoms with Crippen LogP contribution in [0, 0.1) is 10.1 Å². The molecule has 0 spiro atoms. The number of aromatic nitrogens is 1. The van der Waals surface area contributed by atoms with Crippen LogP contribution in [0.25, 0.3) is 0 Å². The standard InChI is InChI=1S/C11H9N3O5S/c15-10(7-4-6(5-12-7)14(18)19)13-9(11(16)17)8-2-1-3-20-8/h1-5,9,12H,(H,13,15)(H,16,17). The number of carbonyl (C=O) groups is 2. The number of H-pyrrole nitrogens is 1. The van der Waals surface area contributed by atoms with Gasteiger partial charge >= 0.3 is 5.97 Å². The molecular weight excluding hydrogens is 286 g/mol. The van der Waals surface area contributed by atoms with E-state index < -0.39 is 22.8 Å². The van der Waals surface area contributed by atoms with E-state index in [0.717, 1.165) is 12.3 Å². The van der Waals surface area contributed by atoms with Crippen molar-refractivity contribution in [2.75, 3.05) is 0 Å². The number of carboxylic acid groups (broad SMARTS) is 1. The van der Waals surface area contributed by atoms with Gasteiger partial charge in [0.15, 0.2) is 6.04 Å². The number of hydrogen-bond acceptors (Lipinski definition) is 5. The molecule has 3 N–H and O–H groups in total. The maximum Gasteiger partial charge on any atom is 0.331 e. The number of aromatic amines is 1. The highest BCUT2D eigenvalue weighted by molar-refractivity contribution is 7.10. The van der Waals surface area contributed by atoms with Crippen LogP contribution in [0.2, 0.25) is 0 Å². The molecule has 1 atom stereocenters. The molecule has 1 unspecified atom stereocenters. The second kappa shape index (κ2) is 5.53. The fourth-order valence-electron chi connectivity index (χ4n) is 1.54. The molecular formula is C11H9N3O5S. The molecule has 0 radical (unpaired) electrons. The summed E-state index contributed by atoms with van der Waals surface area (Å²) >= 11 is 1.19. The molecule has 9 heteroatoms. The molecule has 2 rings (SSSR count). The van der Waals surface area contributed by atoms with Crippen LogP contribution >= 0.6 is 11.3 Å². The maximum absolute atomic E-state index is 11.9. The van der Waals surface area contributed by atoms with Gasteiger partial charge in [0.1, 0.15) is 5.69 Å². The number of nitro groups is 1. The second-order valence-electron chi connectivity index (χ2n) is 3.79. The van der Waals surface area contributed by atoms with Crippen molar-refractivity contribution in [3.05, 3.63) is 50.5 Å². The predicted octanol–water partition coefficient (Wildman–Crippen LogP) is 1.54. The normalized spacial score (nSPS) is 11.8. The monoisotopic (exact) mass is 295 g/mol. The van der Waals surface area contributed by atoms with Crippen LogP contribution in [-0.2, 0) is 4.79 Å². The molecule has 20 heavy (non-hydrogen) atoms. The number of nitrogens with one attached hydrogen (secondary N) is 2. The van der Waals surface area contributed by atoms with Gasteiger partial charge < -0.3 is 15.4 Å². The zero-order valence-corrected chi connectivity index (χ0v) is 10.7. The third-order valence-corrected chi connectivity index (χ3v) is 3.41. The van der Waals surface area contributed by atoms with Crippen LogP contribution in [0.1, 0.15) is 21.4 Å². The minimum atomic E-state index is -1.21. The van der Waals surface area contributed by atoms with Gasteiger partial charge in [0, 0.05) is 10.9 Å². The van der Waals surface area contributed by atoms with Crippen molar-refractivity contribution in [3.8, 4) is 0 Å². The van der Waals surface area contributed by atoms with Gasteiger partial charge in [0.2, 0.25) is 0 Å².